The summed E-state index contributed by atoms with van der Waals surface area (Å²) >= 11 is 0. The van der Waals surface area contributed by atoms with E-state index in [4.69, 9.17) is 10.5 Å². The third kappa shape index (κ3) is 8.45. The highest BCUT2D eigenvalue weighted by Gasteiger charge is 2.13. The summed E-state index contributed by atoms with van der Waals surface area (Å²) in [6.07, 6.45) is 9.38. The number of amides is 1. The summed E-state index contributed by atoms with van der Waals surface area (Å²) < 4.78 is 5.79. The van der Waals surface area contributed by atoms with E-state index < -0.39 is 0 Å². The van der Waals surface area contributed by atoms with E-state index in [0.29, 0.717) is 12.6 Å². The molecule has 0 aromatic rings. The Hall–Kier alpha value is -0.320. The molecule has 0 spiro atoms. The van der Waals surface area contributed by atoms with Gasteiger partial charge in [0.25, 0.3) is 0 Å². The molecule has 5 heteroatoms. The Morgan fingerprint density at radius 3 is 2.68 bits per heavy atom. The van der Waals surface area contributed by atoms with E-state index in [1.54, 1.807) is 0 Å². The molecule has 0 aromatic carbocycles. The standard InChI is InChI=1S/C14H28N2O2.ClH/c1-2-7-13(15)14(17)16-10-6-11-18-12-8-4-3-5-9-12;/h12-13H,2-11,15H2,1H3,(H,16,17);1H. The van der Waals surface area contributed by atoms with Crippen LogP contribution in [0.25, 0.3) is 0 Å². The average Bonchev–Trinajstić information content (AvgIpc) is 2.39. The molecule has 1 unspecified atom stereocenters. The predicted molar refractivity (Wildman–Crippen MR) is 80.6 cm³/mol. The summed E-state index contributed by atoms with van der Waals surface area (Å²) in [7, 11) is 0. The summed E-state index contributed by atoms with van der Waals surface area (Å²) in [5, 5.41) is 2.86. The molecule has 4 nitrogen and oxygen atoms in total. The summed E-state index contributed by atoms with van der Waals surface area (Å²) in [5.74, 6) is -0.0329. The smallest absolute Gasteiger partial charge is 0.236 e. The van der Waals surface area contributed by atoms with Gasteiger partial charge in [0.15, 0.2) is 0 Å². The number of carbonyl (C=O) groups excluding carboxylic acids is 1. The van der Waals surface area contributed by atoms with Crippen molar-refractivity contribution in [3.63, 3.8) is 0 Å². The average molecular weight is 293 g/mol. The Balaban J connectivity index is 0.00000324. The van der Waals surface area contributed by atoms with Crippen molar-refractivity contribution in [1.82, 2.24) is 5.32 Å². The molecule has 1 amide bonds. The SMILES string of the molecule is CCCC(N)C(=O)NCCCOC1CCCCC1.Cl. The Bertz CT molecular complexity index is 233. The number of hydrogen-bond acceptors (Lipinski definition) is 3. The fraction of sp³-hybridized carbons (Fsp3) is 0.929. The minimum absolute atomic E-state index is 0. The van der Waals surface area contributed by atoms with E-state index in [1.165, 1.54) is 32.1 Å². The lowest BCUT2D eigenvalue weighted by molar-refractivity contribution is -0.122. The van der Waals surface area contributed by atoms with Crippen LogP contribution in [0, 0.1) is 0 Å². The summed E-state index contributed by atoms with van der Waals surface area (Å²) in [5.41, 5.74) is 5.72. The topological polar surface area (TPSA) is 64.4 Å². The van der Waals surface area contributed by atoms with Crippen LogP contribution in [0.5, 0.6) is 0 Å². The first-order valence-electron chi connectivity index (χ1n) is 7.39. The molecule has 1 saturated carbocycles. The van der Waals surface area contributed by atoms with Crippen molar-refractivity contribution in [1.29, 1.82) is 0 Å². The molecule has 19 heavy (non-hydrogen) atoms. The molecule has 1 aliphatic rings. The lowest BCUT2D eigenvalue weighted by Gasteiger charge is -2.22. The van der Waals surface area contributed by atoms with E-state index >= 15 is 0 Å². The summed E-state index contributed by atoms with van der Waals surface area (Å²) in [6, 6.07) is -0.353. The quantitative estimate of drug-likeness (QED) is 0.675. The molecule has 1 atom stereocenters. The zero-order chi connectivity index (χ0) is 13.2. The molecule has 1 rings (SSSR count). The van der Waals surface area contributed by atoms with Crippen molar-refractivity contribution in [2.24, 2.45) is 5.73 Å². The Labute approximate surface area is 123 Å². The van der Waals surface area contributed by atoms with Crippen LogP contribution in [0.3, 0.4) is 0 Å². The van der Waals surface area contributed by atoms with Crippen LogP contribution in [0.2, 0.25) is 0 Å². The van der Waals surface area contributed by atoms with Crippen LogP contribution in [0.4, 0.5) is 0 Å². The van der Waals surface area contributed by atoms with Gasteiger partial charge in [-0.3, -0.25) is 4.79 Å². The lowest BCUT2D eigenvalue weighted by Crippen LogP contribution is -2.41. The zero-order valence-corrected chi connectivity index (χ0v) is 12.8. The molecule has 0 aliphatic heterocycles. The van der Waals surface area contributed by atoms with Gasteiger partial charge < -0.3 is 15.8 Å². The molecule has 0 aromatic heterocycles. The number of carbonyl (C=O) groups is 1. The summed E-state index contributed by atoms with van der Waals surface area (Å²) in [6.45, 7) is 3.45. The van der Waals surface area contributed by atoms with E-state index in [2.05, 4.69) is 5.32 Å². The molecule has 0 heterocycles. The van der Waals surface area contributed by atoms with Crippen LogP contribution in [-0.4, -0.2) is 31.2 Å². The Morgan fingerprint density at radius 2 is 2.05 bits per heavy atom. The first-order valence-corrected chi connectivity index (χ1v) is 7.39. The minimum Gasteiger partial charge on any atom is -0.378 e. The van der Waals surface area contributed by atoms with Gasteiger partial charge in [0.1, 0.15) is 0 Å². The van der Waals surface area contributed by atoms with Crippen molar-refractivity contribution < 1.29 is 9.53 Å². The van der Waals surface area contributed by atoms with Crippen molar-refractivity contribution in [3.05, 3.63) is 0 Å². The van der Waals surface area contributed by atoms with E-state index in [0.717, 1.165) is 25.9 Å². The number of rotatable bonds is 8. The fourth-order valence-corrected chi connectivity index (χ4v) is 2.34. The van der Waals surface area contributed by atoms with Gasteiger partial charge in [-0.2, -0.15) is 0 Å². The first-order chi connectivity index (χ1) is 8.74. The van der Waals surface area contributed by atoms with Crippen LogP contribution < -0.4 is 11.1 Å². The van der Waals surface area contributed by atoms with Crippen LogP contribution in [-0.2, 0) is 9.53 Å². The molecule has 114 valence electrons. The van der Waals surface area contributed by atoms with Gasteiger partial charge in [-0.05, 0) is 25.7 Å². The maximum atomic E-state index is 11.5. The largest absolute Gasteiger partial charge is 0.378 e. The highest BCUT2D eigenvalue weighted by Crippen LogP contribution is 2.20. The lowest BCUT2D eigenvalue weighted by atomic mass is 9.98. The van der Waals surface area contributed by atoms with Crippen LogP contribution in [0.1, 0.15) is 58.3 Å². The van der Waals surface area contributed by atoms with Crippen molar-refractivity contribution in [2.45, 2.75) is 70.4 Å². The highest BCUT2D eigenvalue weighted by molar-refractivity contribution is 5.85. The van der Waals surface area contributed by atoms with E-state index in [9.17, 15) is 4.79 Å². The van der Waals surface area contributed by atoms with Gasteiger partial charge in [0.05, 0.1) is 12.1 Å². The second-order valence-corrected chi connectivity index (χ2v) is 5.17. The number of ether oxygens (including phenoxy) is 1. The number of halogens is 1. The fourth-order valence-electron chi connectivity index (χ4n) is 2.34. The van der Waals surface area contributed by atoms with E-state index in [-0.39, 0.29) is 24.4 Å². The molecule has 0 saturated heterocycles. The van der Waals surface area contributed by atoms with Gasteiger partial charge in [-0.25, -0.2) is 0 Å². The maximum Gasteiger partial charge on any atom is 0.236 e. The minimum atomic E-state index is -0.353. The van der Waals surface area contributed by atoms with Crippen molar-refractivity contribution in [3.8, 4) is 0 Å². The molecular weight excluding hydrogens is 264 g/mol. The normalized spacial score (nSPS) is 17.6. The molecule has 3 N–H and O–H groups in total. The van der Waals surface area contributed by atoms with Gasteiger partial charge in [0, 0.05) is 13.2 Å². The third-order valence-corrected chi connectivity index (χ3v) is 3.46. The van der Waals surface area contributed by atoms with Gasteiger partial charge in [-0.15, -0.1) is 12.4 Å². The monoisotopic (exact) mass is 292 g/mol. The van der Waals surface area contributed by atoms with Gasteiger partial charge in [0.2, 0.25) is 5.91 Å². The van der Waals surface area contributed by atoms with Crippen LogP contribution >= 0.6 is 12.4 Å². The molecular formula is C14H29ClN2O2. The second kappa shape index (κ2) is 11.5. The van der Waals surface area contributed by atoms with Crippen molar-refractivity contribution >= 4 is 18.3 Å². The Morgan fingerprint density at radius 1 is 1.37 bits per heavy atom. The number of hydrogen-bond donors (Lipinski definition) is 2. The van der Waals surface area contributed by atoms with E-state index in [1.807, 2.05) is 6.92 Å². The third-order valence-electron chi connectivity index (χ3n) is 3.46. The molecule has 1 aliphatic carbocycles. The Kier molecular flexibility index (Phi) is 11.3. The number of nitrogens with one attached hydrogen (secondary N) is 1. The number of nitrogens with two attached hydrogens (primary N) is 1. The van der Waals surface area contributed by atoms with Gasteiger partial charge in [-0.1, -0.05) is 32.6 Å². The highest BCUT2D eigenvalue weighted by atomic mass is 35.5. The van der Waals surface area contributed by atoms with Gasteiger partial charge >= 0.3 is 0 Å². The zero-order valence-electron chi connectivity index (χ0n) is 12.0. The summed E-state index contributed by atoms with van der Waals surface area (Å²) in [4.78, 5) is 11.5. The maximum absolute atomic E-state index is 11.5. The molecule has 1 fully saturated rings. The predicted octanol–water partition coefficient (Wildman–Crippen LogP) is 2.39. The van der Waals surface area contributed by atoms with Crippen molar-refractivity contribution in [2.75, 3.05) is 13.2 Å². The molecule has 0 bridgehead atoms. The molecule has 0 radical (unpaired) electrons. The van der Waals surface area contributed by atoms with Crippen LogP contribution in [0.15, 0.2) is 0 Å². The first kappa shape index (κ1) is 18.7. The second-order valence-electron chi connectivity index (χ2n) is 5.17.